The molecule has 1 aromatic heterocycles. The Morgan fingerprint density at radius 1 is 1.33 bits per heavy atom. The first-order chi connectivity index (χ1) is 11.5. The number of aryl methyl sites for hydroxylation is 1. The molecular formula is C17H21N3O3S. The second kappa shape index (κ2) is 6.76. The summed E-state index contributed by atoms with van der Waals surface area (Å²) in [6.07, 6.45) is 0. The average molecular weight is 347 g/mol. The number of anilines is 1. The number of hydrogen-bond donors (Lipinski definition) is 2. The van der Waals surface area contributed by atoms with Gasteiger partial charge in [-0.1, -0.05) is 6.07 Å². The normalized spacial score (nSPS) is 20.1. The second-order valence-electron chi connectivity index (χ2n) is 5.60. The van der Waals surface area contributed by atoms with Gasteiger partial charge in [-0.25, -0.2) is 0 Å². The van der Waals surface area contributed by atoms with Gasteiger partial charge >= 0.3 is 0 Å². The summed E-state index contributed by atoms with van der Waals surface area (Å²) in [7, 11) is 1.63. The number of aromatic nitrogens is 2. The highest BCUT2D eigenvalue weighted by atomic mass is 32.2. The van der Waals surface area contributed by atoms with Crippen LogP contribution in [-0.2, 0) is 4.79 Å². The second-order valence-corrected chi connectivity index (χ2v) is 7.05. The van der Waals surface area contributed by atoms with Crippen LogP contribution in [0.2, 0.25) is 0 Å². The molecule has 2 atom stereocenters. The van der Waals surface area contributed by atoms with Crippen molar-refractivity contribution in [3.63, 3.8) is 0 Å². The van der Waals surface area contributed by atoms with E-state index in [0.717, 1.165) is 16.8 Å². The summed E-state index contributed by atoms with van der Waals surface area (Å²) < 4.78 is 11.1. The molecule has 24 heavy (non-hydrogen) atoms. The molecule has 0 saturated carbocycles. The van der Waals surface area contributed by atoms with Gasteiger partial charge in [0.15, 0.2) is 17.3 Å². The largest absolute Gasteiger partial charge is 0.493 e. The molecule has 2 aromatic rings. The van der Waals surface area contributed by atoms with E-state index < -0.39 is 0 Å². The molecule has 0 fully saturated rings. The summed E-state index contributed by atoms with van der Waals surface area (Å²) in [5, 5.41) is 9.91. The molecule has 0 bridgehead atoms. The number of carbonyl (C=O) groups is 1. The lowest BCUT2D eigenvalue weighted by Gasteiger charge is -2.19. The third-order valence-corrected chi connectivity index (χ3v) is 5.40. The predicted octanol–water partition coefficient (Wildman–Crippen LogP) is 3.29. The van der Waals surface area contributed by atoms with Crippen LogP contribution in [-0.4, -0.2) is 35.1 Å². The number of methoxy groups -OCH3 is 1. The Hall–Kier alpha value is -2.15. The Morgan fingerprint density at radius 3 is 2.83 bits per heavy atom. The Bertz CT molecular complexity index is 760. The van der Waals surface area contributed by atoms with Crippen LogP contribution < -0.4 is 14.8 Å². The van der Waals surface area contributed by atoms with Gasteiger partial charge in [0.25, 0.3) is 0 Å². The Balaban J connectivity index is 2.07. The van der Waals surface area contributed by atoms with Gasteiger partial charge in [0.1, 0.15) is 0 Å². The number of nitrogens with zero attached hydrogens (tertiary/aromatic N) is 1. The third kappa shape index (κ3) is 2.96. The van der Waals surface area contributed by atoms with Crippen molar-refractivity contribution in [1.82, 2.24) is 10.2 Å². The topological polar surface area (TPSA) is 76.2 Å². The SMILES string of the molecule is CCOc1ccc([C@H]2S[C@@H](C)C(=O)Nc3n[nH]c(C)c32)cc1OC. The fraction of sp³-hybridized carbons (Fsp3) is 0.412. The number of rotatable bonds is 4. The Morgan fingerprint density at radius 2 is 2.12 bits per heavy atom. The van der Waals surface area contributed by atoms with Crippen molar-refractivity contribution in [3.8, 4) is 11.5 Å². The van der Waals surface area contributed by atoms with Gasteiger partial charge in [-0.2, -0.15) is 5.10 Å². The van der Waals surface area contributed by atoms with E-state index in [1.54, 1.807) is 18.9 Å². The van der Waals surface area contributed by atoms with E-state index in [0.29, 0.717) is 23.9 Å². The summed E-state index contributed by atoms with van der Waals surface area (Å²) in [5.74, 6) is 1.97. The first-order valence-corrected chi connectivity index (χ1v) is 8.81. The molecule has 0 unspecified atom stereocenters. The van der Waals surface area contributed by atoms with Gasteiger partial charge in [-0.3, -0.25) is 9.89 Å². The Kier molecular flexibility index (Phi) is 4.71. The molecule has 7 heteroatoms. The lowest BCUT2D eigenvalue weighted by Crippen LogP contribution is -2.21. The van der Waals surface area contributed by atoms with E-state index in [1.807, 2.05) is 39.0 Å². The van der Waals surface area contributed by atoms with E-state index in [4.69, 9.17) is 9.47 Å². The van der Waals surface area contributed by atoms with E-state index in [2.05, 4.69) is 15.5 Å². The molecule has 1 amide bonds. The van der Waals surface area contributed by atoms with Crippen LogP contribution in [0.1, 0.15) is 35.9 Å². The molecule has 1 aromatic carbocycles. The highest BCUT2D eigenvalue weighted by molar-refractivity contribution is 8.01. The number of carbonyl (C=O) groups excluding carboxylic acids is 1. The summed E-state index contributed by atoms with van der Waals surface area (Å²) in [6.45, 7) is 6.39. The van der Waals surface area contributed by atoms with Crippen molar-refractivity contribution in [3.05, 3.63) is 35.0 Å². The smallest absolute Gasteiger partial charge is 0.238 e. The van der Waals surface area contributed by atoms with E-state index >= 15 is 0 Å². The van der Waals surface area contributed by atoms with Crippen LogP contribution in [0.4, 0.5) is 5.82 Å². The highest BCUT2D eigenvalue weighted by Gasteiger charge is 2.32. The maximum Gasteiger partial charge on any atom is 0.238 e. The minimum atomic E-state index is -0.179. The zero-order chi connectivity index (χ0) is 17.3. The Labute approximate surface area is 145 Å². The average Bonchev–Trinajstić information content (AvgIpc) is 2.87. The number of fused-ring (bicyclic) bond motifs is 1. The number of hydrogen-bond acceptors (Lipinski definition) is 5. The van der Waals surface area contributed by atoms with Crippen molar-refractivity contribution >= 4 is 23.5 Å². The first-order valence-electron chi connectivity index (χ1n) is 7.87. The van der Waals surface area contributed by atoms with Crippen LogP contribution in [0.25, 0.3) is 0 Å². The van der Waals surface area contributed by atoms with Crippen molar-refractivity contribution in [1.29, 1.82) is 0 Å². The van der Waals surface area contributed by atoms with E-state index in [1.165, 1.54) is 0 Å². The number of ether oxygens (including phenoxy) is 2. The molecule has 0 saturated heterocycles. The number of amides is 1. The van der Waals surface area contributed by atoms with Gasteiger partial charge in [-0.05, 0) is 38.5 Å². The van der Waals surface area contributed by atoms with Crippen molar-refractivity contribution in [2.24, 2.45) is 0 Å². The maximum atomic E-state index is 12.2. The van der Waals surface area contributed by atoms with Gasteiger partial charge in [-0.15, -0.1) is 11.8 Å². The van der Waals surface area contributed by atoms with Crippen LogP contribution in [0.15, 0.2) is 18.2 Å². The molecule has 0 aliphatic carbocycles. The zero-order valence-electron chi connectivity index (χ0n) is 14.2. The van der Waals surface area contributed by atoms with Crippen LogP contribution in [0.3, 0.4) is 0 Å². The number of benzene rings is 1. The molecule has 0 spiro atoms. The molecule has 2 heterocycles. The fourth-order valence-electron chi connectivity index (χ4n) is 2.77. The van der Waals surface area contributed by atoms with E-state index in [9.17, 15) is 4.79 Å². The quantitative estimate of drug-likeness (QED) is 0.887. The molecule has 2 N–H and O–H groups in total. The maximum absolute atomic E-state index is 12.2. The predicted molar refractivity (Wildman–Crippen MR) is 95.0 cm³/mol. The summed E-state index contributed by atoms with van der Waals surface area (Å²) in [4.78, 5) is 12.2. The van der Waals surface area contributed by atoms with Gasteiger partial charge < -0.3 is 14.8 Å². The van der Waals surface area contributed by atoms with Gasteiger partial charge in [0.2, 0.25) is 5.91 Å². The number of aromatic amines is 1. The molecule has 1 aliphatic heterocycles. The summed E-state index contributed by atoms with van der Waals surface area (Å²) in [5.41, 5.74) is 3.00. The van der Waals surface area contributed by atoms with Crippen LogP contribution in [0, 0.1) is 6.92 Å². The van der Waals surface area contributed by atoms with Gasteiger partial charge in [0.05, 0.1) is 24.2 Å². The monoisotopic (exact) mass is 347 g/mol. The third-order valence-electron chi connectivity index (χ3n) is 4.00. The standard InChI is InChI=1S/C17H21N3O3S/c1-5-23-12-7-6-11(8-13(12)22-4)15-14-9(2)19-20-16(14)18-17(21)10(3)24-15/h6-8,10,15H,5H2,1-4H3,(H2,18,19,20,21)/t10-,15+/m0/s1. The lowest BCUT2D eigenvalue weighted by atomic mass is 10.0. The van der Waals surface area contributed by atoms with Crippen molar-refractivity contribution < 1.29 is 14.3 Å². The van der Waals surface area contributed by atoms with E-state index in [-0.39, 0.29) is 16.4 Å². The fourth-order valence-corrected chi connectivity index (χ4v) is 4.09. The molecule has 128 valence electrons. The number of nitrogens with one attached hydrogen (secondary N) is 2. The molecule has 6 nitrogen and oxygen atoms in total. The molecule has 0 radical (unpaired) electrons. The van der Waals surface area contributed by atoms with Crippen molar-refractivity contribution in [2.75, 3.05) is 19.0 Å². The minimum Gasteiger partial charge on any atom is -0.493 e. The number of thioether (sulfide) groups is 1. The van der Waals surface area contributed by atoms with Crippen molar-refractivity contribution in [2.45, 2.75) is 31.3 Å². The summed E-state index contributed by atoms with van der Waals surface area (Å²) >= 11 is 1.60. The van der Waals surface area contributed by atoms with Crippen LogP contribution >= 0.6 is 11.8 Å². The first kappa shape index (κ1) is 16.7. The minimum absolute atomic E-state index is 0.0164. The van der Waals surface area contributed by atoms with Gasteiger partial charge in [0, 0.05) is 11.3 Å². The molecular weight excluding hydrogens is 326 g/mol. The zero-order valence-corrected chi connectivity index (χ0v) is 15.0. The highest BCUT2D eigenvalue weighted by Crippen LogP contribution is 2.46. The molecule has 1 aliphatic rings. The van der Waals surface area contributed by atoms with Crippen LogP contribution in [0.5, 0.6) is 11.5 Å². The lowest BCUT2D eigenvalue weighted by molar-refractivity contribution is -0.115. The number of H-pyrrole nitrogens is 1. The molecule has 3 rings (SSSR count). The summed E-state index contributed by atoms with van der Waals surface area (Å²) in [6, 6.07) is 5.91.